The van der Waals surface area contributed by atoms with Crippen LogP contribution in [0.4, 0.5) is 0 Å². The van der Waals surface area contributed by atoms with E-state index < -0.39 is 0 Å². The molecule has 18 heavy (non-hydrogen) atoms. The lowest BCUT2D eigenvalue weighted by molar-refractivity contribution is 0.275. The van der Waals surface area contributed by atoms with E-state index in [1.165, 1.54) is 12.0 Å². The Hall–Kier alpha value is -1.06. The average Bonchev–Trinajstić information content (AvgIpc) is 2.42. The van der Waals surface area contributed by atoms with E-state index in [4.69, 9.17) is 10.5 Å². The minimum atomic E-state index is 0.781. The summed E-state index contributed by atoms with van der Waals surface area (Å²) in [5.41, 5.74) is 6.94. The SMILES string of the molecule is CCCN(CCCN)CCc1ccc(OC)cc1. The van der Waals surface area contributed by atoms with Crippen molar-refractivity contribution in [1.82, 2.24) is 4.90 Å². The quantitative estimate of drug-likeness (QED) is 0.731. The summed E-state index contributed by atoms with van der Waals surface area (Å²) < 4.78 is 5.16. The standard InChI is InChI=1S/C15H26N2O/c1-3-11-17(12-4-10-16)13-9-14-5-7-15(18-2)8-6-14/h5-8H,3-4,9-13,16H2,1-2H3. The van der Waals surface area contributed by atoms with Gasteiger partial charge in [-0.25, -0.2) is 0 Å². The molecular formula is C15H26N2O. The van der Waals surface area contributed by atoms with Crippen LogP contribution in [0, 0.1) is 0 Å². The molecule has 1 rings (SSSR count). The summed E-state index contributed by atoms with van der Waals surface area (Å²) in [6, 6.07) is 8.34. The molecule has 0 fully saturated rings. The summed E-state index contributed by atoms with van der Waals surface area (Å²) in [6.45, 7) is 6.39. The van der Waals surface area contributed by atoms with Crippen molar-refractivity contribution in [3.63, 3.8) is 0 Å². The third-order valence-corrected chi connectivity index (χ3v) is 3.09. The van der Waals surface area contributed by atoms with E-state index >= 15 is 0 Å². The van der Waals surface area contributed by atoms with E-state index in [2.05, 4.69) is 24.0 Å². The van der Waals surface area contributed by atoms with E-state index in [9.17, 15) is 0 Å². The van der Waals surface area contributed by atoms with E-state index in [1.807, 2.05) is 12.1 Å². The van der Waals surface area contributed by atoms with Crippen molar-refractivity contribution in [2.24, 2.45) is 5.73 Å². The van der Waals surface area contributed by atoms with Crippen LogP contribution in [0.3, 0.4) is 0 Å². The van der Waals surface area contributed by atoms with Crippen LogP contribution in [0.5, 0.6) is 5.75 Å². The van der Waals surface area contributed by atoms with Gasteiger partial charge in [-0.3, -0.25) is 0 Å². The Kier molecular flexibility index (Phi) is 7.46. The fourth-order valence-electron chi connectivity index (χ4n) is 2.05. The van der Waals surface area contributed by atoms with Gasteiger partial charge in [0, 0.05) is 6.54 Å². The second kappa shape index (κ2) is 8.95. The minimum Gasteiger partial charge on any atom is -0.497 e. The highest BCUT2D eigenvalue weighted by Crippen LogP contribution is 2.12. The summed E-state index contributed by atoms with van der Waals surface area (Å²) in [5.74, 6) is 0.923. The Balaban J connectivity index is 2.39. The van der Waals surface area contributed by atoms with Crippen LogP contribution in [0.1, 0.15) is 25.3 Å². The first-order valence-electron chi connectivity index (χ1n) is 6.85. The predicted octanol–water partition coefficient (Wildman–Crippen LogP) is 2.30. The van der Waals surface area contributed by atoms with Gasteiger partial charge in [0.05, 0.1) is 7.11 Å². The van der Waals surface area contributed by atoms with E-state index in [1.54, 1.807) is 7.11 Å². The normalized spacial score (nSPS) is 10.9. The number of hydrogen-bond donors (Lipinski definition) is 1. The van der Waals surface area contributed by atoms with Gasteiger partial charge in [0.15, 0.2) is 0 Å². The maximum Gasteiger partial charge on any atom is 0.118 e. The van der Waals surface area contributed by atoms with Gasteiger partial charge >= 0.3 is 0 Å². The fraction of sp³-hybridized carbons (Fsp3) is 0.600. The first kappa shape index (κ1) is 15.0. The van der Waals surface area contributed by atoms with Gasteiger partial charge in [-0.15, -0.1) is 0 Å². The monoisotopic (exact) mass is 250 g/mol. The van der Waals surface area contributed by atoms with Crippen molar-refractivity contribution >= 4 is 0 Å². The topological polar surface area (TPSA) is 38.5 Å². The number of methoxy groups -OCH3 is 1. The predicted molar refractivity (Wildman–Crippen MR) is 77.1 cm³/mol. The molecule has 1 aromatic carbocycles. The smallest absolute Gasteiger partial charge is 0.118 e. The van der Waals surface area contributed by atoms with Crippen LogP contribution >= 0.6 is 0 Å². The van der Waals surface area contributed by atoms with E-state index in [-0.39, 0.29) is 0 Å². The van der Waals surface area contributed by atoms with Crippen LogP contribution in [0.2, 0.25) is 0 Å². The third-order valence-electron chi connectivity index (χ3n) is 3.09. The molecule has 0 heterocycles. The minimum absolute atomic E-state index is 0.781. The number of nitrogens with two attached hydrogens (primary N) is 1. The highest BCUT2D eigenvalue weighted by molar-refractivity contribution is 5.27. The third kappa shape index (κ3) is 5.52. The largest absolute Gasteiger partial charge is 0.497 e. The lowest BCUT2D eigenvalue weighted by Crippen LogP contribution is -2.29. The van der Waals surface area contributed by atoms with Crippen LogP contribution < -0.4 is 10.5 Å². The summed E-state index contributed by atoms with van der Waals surface area (Å²) in [5, 5.41) is 0. The number of benzene rings is 1. The number of nitrogens with zero attached hydrogens (tertiary/aromatic N) is 1. The molecule has 1 aromatic rings. The molecule has 0 saturated carbocycles. The van der Waals surface area contributed by atoms with Crippen molar-refractivity contribution in [3.05, 3.63) is 29.8 Å². The Labute approximate surface area is 111 Å². The zero-order valence-corrected chi connectivity index (χ0v) is 11.7. The van der Waals surface area contributed by atoms with Crippen molar-refractivity contribution in [3.8, 4) is 5.75 Å². The van der Waals surface area contributed by atoms with Crippen LogP contribution in [-0.2, 0) is 6.42 Å². The fourth-order valence-corrected chi connectivity index (χ4v) is 2.05. The highest BCUT2D eigenvalue weighted by Gasteiger charge is 2.03. The molecule has 3 heteroatoms. The molecule has 2 N–H and O–H groups in total. The molecular weight excluding hydrogens is 224 g/mol. The summed E-state index contributed by atoms with van der Waals surface area (Å²) in [6.07, 6.45) is 3.38. The lowest BCUT2D eigenvalue weighted by Gasteiger charge is -2.21. The molecule has 0 aromatic heterocycles. The van der Waals surface area contributed by atoms with Crippen molar-refractivity contribution in [2.45, 2.75) is 26.2 Å². The molecule has 0 aliphatic rings. The van der Waals surface area contributed by atoms with Gasteiger partial charge in [-0.05, 0) is 56.6 Å². The Morgan fingerprint density at radius 2 is 1.83 bits per heavy atom. The summed E-state index contributed by atoms with van der Waals surface area (Å²) >= 11 is 0. The van der Waals surface area contributed by atoms with E-state index in [0.717, 1.165) is 44.8 Å². The van der Waals surface area contributed by atoms with Crippen molar-refractivity contribution in [1.29, 1.82) is 0 Å². The molecule has 0 unspecified atom stereocenters. The number of rotatable bonds is 9. The molecule has 0 radical (unpaired) electrons. The molecule has 0 amide bonds. The van der Waals surface area contributed by atoms with Gasteiger partial charge in [-0.1, -0.05) is 19.1 Å². The lowest BCUT2D eigenvalue weighted by atomic mass is 10.1. The van der Waals surface area contributed by atoms with Gasteiger partial charge in [0.25, 0.3) is 0 Å². The van der Waals surface area contributed by atoms with Gasteiger partial charge < -0.3 is 15.4 Å². The molecule has 0 aliphatic carbocycles. The van der Waals surface area contributed by atoms with Crippen LogP contribution in [0.15, 0.2) is 24.3 Å². The Morgan fingerprint density at radius 3 is 2.39 bits per heavy atom. The summed E-state index contributed by atoms with van der Waals surface area (Å²) in [7, 11) is 1.70. The maximum absolute atomic E-state index is 5.57. The first-order valence-corrected chi connectivity index (χ1v) is 6.85. The van der Waals surface area contributed by atoms with Crippen molar-refractivity contribution < 1.29 is 4.74 Å². The average molecular weight is 250 g/mol. The van der Waals surface area contributed by atoms with Gasteiger partial charge in [-0.2, -0.15) is 0 Å². The van der Waals surface area contributed by atoms with Gasteiger partial charge in [0.1, 0.15) is 5.75 Å². The zero-order valence-electron chi connectivity index (χ0n) is 11.7. The van der Waals surface area contributed by atoms with Gasteiger partial charge in [0.2, 0.25) is 0 Å². The molecule has 102 valence electrons. The Bertz CT molecular complexity index is 311. The first-order chi connectivity index (χ1) is 8.80. The van der Waals surface area contributed by atoms with Crippen molar-refractivity contribution in [2.75, 3.05) is 33.3 Å². The molecule has 3 nitrogen and oxygen atoms in total. The molecule has 0 spiro atoms. The molecule has 0 saturated heterocycles. The Morgan fingerprint density at radius 1 is 1.11 bits per heavy atom. The molecule has 0 aliphatic heterocycles. The molecule has 0 bridgehead atoms. The van der Waals surface area contributed by atoms with E-state index in [0.29, 0.717) is 0 Å². The summed E-state index contributed by atoms with van der Waals surface area (Å²) in [4.78, 5) is 2.50. The maximum atomic E-state index is 5.57. The zero-order chi connectivity index (χ0) is 13.2. The highest BCUT2D eigenvalue weighted by atomic mass is 16.5. The van der Waals surface area contributed by atoms with Crippen LogP contribution in [-0.4, -0.2) is 38.2 Å². The second-order valence-corrected chi connectivity index (χ2v) is 4.58. The number of hydrogen-bond acceptors (Lipinski definition) is 3. The molecule has 0 atom stereocenters. The second-order valence-electron chi connectivity index (χ2n) is 4.58. The number of ether oxygens (including phenoxy) is 1. The van der Waals surface area contributed by atoms with Crippen LogP contribution in [0.25, 0.3) is 0 Å².